The maximum Gasteiger partial charge on any atom is 0.343 e. The Kier molecular flexibility index (Phi) is 5.89. The summed E-state index contributed by atoms with van der Waals surface area (Å²) < 4.78 is 38.4. The van der Waals surface area contributed by atoms with Crippen LogP contribution in [0.15, 0.2) is 48.2 Å². The van der Waals surface area contributed by atoms with Crippen molar-refractivity contribution in [2.45, 2.75) is 6.92 Å². The van der Waals surface area contributed by atoms with Crippen molar-refractivity contribution in [2.24, 2.45) is 0 Å². The van der Waals surface area contributed by atoms with Gasteiger partial charge in [-0.25, -0.2) is 4.79 Å². The zero-order valence-corrected chi connectivity index (χ0v) is 20.0. The Labute approximate surface area is 206 Å². The van der Waals surface area contributed by atoms with Gasteiger partial charge in [-0.15, -0.1) is 0 Å². The molecule has 2 aliphatic rings. The molecule has 0 spiro atoms. The summed E-state index contributed by atoms with van der Waals surface area (Å²) in [5.74, 6) is 2.13. The Morgan fingerprint density at radius 3 is 2.39 bits per heavy atom. The van der Waals surface area contributed by atoms with Crippen LogP contribution in [0.4, 0.5) is 0 Å². The number of benzene rings is 3. The Morgan fingerprint density at radius 2 is 1.64 bits per heavy atom. The highest BCUT2D eigenvalue weighted by atomic mass is 16.7. The number of carbonyl (C=O) groups excluding carboxylic acids is 2. The van der Waals surface area contributed by atoms with Gasteiger partial charge in [-0.1, -0.05) is 0 Å². The number of allylic oxidation sites excluding steroid dienone is 1. The van der Waals surface area contributed by atoms with Crippen molar-refractivity contribution >= 4 is 17.8 Å². The summed E-state index contributed by atoms with van der Waals surface area (Å²) in [7, 11) is 4.52. The monoisotopic (exact) mass is 490 g/mol. The SMILES string of the molecule is COc1ccc(/C=C2\Oc3c(ccc(OC(=O)c4ccc5c(c4)OCO5)c3C)C2=O)c(OC)c1OC. The Hall–Kier alpha value is -4.66. The zero-order chi connectivity index (χ0) is 25.4. The highest BCUT2D eigenvalue weighted by Gasteiger charge is 2.31. The summed E-state index contributed by atoms with van der Waals surface area (Å²) in [6.45, 7) is 1.82. The summed E-state index contributed by atoms with van der Waals surface area (Å²) in [6, 6.07) is 11.4. The molecule has 0 saturated heterocycles. The van der Waals surface area contributed by atoms with E-state index in [9.17, 15) is 9.59 Å². The first kappa shape index (κ1) is 23.1. The van der Waals surface area contributed by atoms with Gasteiger partial charge >= 0.3 is 5.97 Å². The number of methoxy groups -OCH3 is 3. The third-order valence-electron chi connectivity index (χ3n) is 5.87. The molecule has 36 heavy (non-hydrogen) atoms. The lowest BCUT2D eigenvalue weighted by molar-refractivity contribution is 0.0732. The van der Waals surface area contributed by atoms with Crippen LogP contribution in [0, 0.1) is 6.92 Å². The molecule has 0 bridgehead atoms. The van der Waals surface area contributed by atoms with Crippen LogP contribution >= 0.6 is 0 Å². The number of esters is 1. The Bertz CT molecular complexity index is 1420. The van der Waals surface area contributed by atoms with Crippen molar-refractivity contribution in [3.63, 3.8) is 0 Å². The van der Waals surface area contributed by atoms with Crippen LogP contribution in [0.2, 0.25) is 0 Å². The minimum Gasteiger partial charge on any atom is -0.493 e. The largest absolute Gasteiger partial charge is 0.493 e. The predicted octanol–water partition coefficient (Wildman–Crippen LogP) is 4.58. The van der Waals surface area contributed by atoms with E-state index in [1.165, 1.54) is 21.3 Å². The smallest absolute Gasteiger partial charge is 0.343 e. The van der Waals surface area contributed by atoms with Gasteiger partial charge in [0.15, 0.2) is 28.8 Å². The predicted molar refractivity (Wildman–Crippen MR) is 128 cm³/mol. The van der Waals surface area contributed by atoms with E-state index in [1.807, 2.05) is 0 Å². The molecule has 9 heteroatoms. The number of carbonyl (C=O) groups is 2. The second-order valence-electron chi connectivity index (χ2n) is 7.89. The van der Waals surface area contributed by atoms with Gasteiger partial charge in [0.1, 0.15) is 11.5 Å². The van der Waals surface area contributed by atoms with Crippen LogP contribution in [-0.2, 0) is 0 Å². The molecular weight excluding hydrogens is 468 g/mol. The van der Waals surface area contributed by atoms with Gasteiger partial charge in [0.2, 0.25) is 18.3 Å². The molecule has 0 aliphatic carbocycles. The van der Waals surface area contributed by atoms with E-state index in [2.05, 4.69) is 0 Å². The molecule has 9 nitrogen and oxygen atoms in total. The summed E-state index contributed by atoms with van der Waals surface area (Å²) in [5.41, 5.74) is 1.74. The molecule has 0 fully saturated rings. The average Bonchev–Trinajstić information content (AvgIpc) is 3.49. The van der Waals surface area contributed by atoms with Gasteiger partial charge in [0.05, 0.1) is 32.5 Å². The fraction of sp³-hybridized carbons (Fsp3) is 0.185. The third-order valence-corrected chi connectivity index (χ3v) is 5.87. The Balaban J connectivity index is 1.43. The molecule has 5 rings (SSSR count). The maximum absolute atomic E-state index is 13.1. The van der Waals surface area contributed by atoms with Crippen LogP contribution in [0.5, 0.6) is 40.2 Å². The standard InChI is InChI=1S/C27H22O9/c1-14-18(36-27(29)16-6-8-19-21(12-16)34-13-33-19)10-7-17-23(28)22(35-24(14)17)11-15-5-9-20(30-2)26(32-4)25(15)31-3/h5-12H,13H2,1-4H3/b22-11-. The van der Waals surface area contributed by atoms with E-state index in [0.29, 0.717) is 56.8 Å². The molecule has 0 N–H and O–H groups in total. The molecule has 0 aromatic heterocycles. The first-order valence-corrected chi connectivity index (χ1v) is 10.9. The lowest BCUT2D eigenvalue weighted by Crippen LogP contribution is -2.09. The first-order valence-electron chi connectivity index (χ1n) is 10.9. The number of hydrogen-bond acceptors (Lipinski definition) is 9. The first-order chi connectivity index (χ1) is 17.4. The third kappa shape index (κ3) is 3.84. The topological polar surface area (TPSA) is 98.8 Å². The molecule has 0 saturated carbocycles. The molecule has 2 heterocycles. The van der Waals surface area contributed by atoms with E-state index in [-0.39, 0.29) is 24.1 Å². The van der Waals surface area contributed by atoms with E-state index in [1.54, 1.807) is 55.5 Å². The fourth-order valence-corrected chi connectivity index (χ4v) is 4.04. The minimum atomic E-state index is -0.577. The van der Waals surface area contributed by atoms with Crippen molar-refractivity contribution in [3.05, 3.63) is 70.5 Å². The van der Waals surface area contributed by atoms with Crippen molar-refractivity contribution in [1.82, 2.24) is 0 Å². The van der Waals surface area contributed by atoms with Gasteiger partial charge in [-0.2, -0.15) is 0 Å². The average molecular weight is 490 g/mol. The summed E-state index contributed by atoms with van der Waals surface area (Å²) >= 11 is 0. The molecule has 184 valence electrons. The van der Waals surface area contributed by atoms with Crippen LogP contribution in [0.3, 0.4) is 0 Å². The van der Waals surface area contributed by atoms with Gasteiger partial charge in [-0.3, -0.25) is 4.79 Å². The number of rotatable bonds is 6. The molecule has 0 radical (unpaired) electrons. The summed E-state index contributed by atoms with van der Waals surface area (Å²) in [4.78, 5) is 25.8. The van der Waals surface area contributed by atoms with Crippen LogP contribution in [0.25, 0.3) is 6.08 Å². The molecule has 3 aromatic carbocycles. The molecule has 0 amide bonds. The molecule has 0 unspecified atom stereocenters. The quantitative estimate of drug-likeness (QED) is 0.279. The minimum absolute atomic E-state index is 0.0952. The normalized spacial score (nSPS) is 14.3. The van der Waals surface area contributed by atoms with Gasteiger partial charge < -0.3 is 33.2 Å². The number of ketones is 1. The zero-order valence-electron chi connectivity index (χ0n) is 20.0. The van der Waals surface area contributed by atoms with Crippen LogP contribution in [0.1, 0.15) is 31.8 Å². The van der Waals surface area contributed by atoms with Gasteiger partial charge in [-0.05, 0) is 55.5 Å². The second-order valence-corrected chi connectivity index (χ2v) is 7.89. The van der Waals surface area contributed by atoms with E-state index < -0.39 is 5.97 Å². The highest BCUT2D eigenvalue weighted by Crippen LogP contribution is 2.43. The number of Topliss-reactive ketones (excluding diaryl/α,β-unsaturated/α-hetero) is 1. The molecular formula is C27H22O9. The lowest BCUT2D eigenvalue weighted by atomic mass is 10.1. The van der Waals surface area contributed by atoms with Crippen molar-refractivity contribution in [2.75, 3.05) is 28.1 Å². The number of hydrogen-bond donors (Lipinski definition) is 0. The fourth-order valence-electron chi connectivity index (χ4n) is 4.04. The van der Waals surface area contributed by atoms with Crippen LogP contribution < -0.4 is 33.2 Å². The van der Waals surface area contributed by atoms with E-state index >= 15 is 0 Å². The van der Waals surface area contributed by atoms with Crippen LogP contribution in [-0.4, -0.2) is 39.9 Å². The maximum atomic E-state index is 13.1. The summed E-state index contributed by atoms with van der Waals surface area (Å²) in [5, 5.41) is 0. The van der Waals surface area contributed by atoms with Crippen molar-refractivity contribution in [1.29, 1.82) is 0 Å². The Morgan fingerprint density at radius 1 is 0.889 bits per heavy atom. The molecule has 2 aliphatic heterocycles. The second kappa shape index (κ2) is 9.18. The highest BCUT2D eigenvalue weighted by molar-refractivity contribution is 6.15. The van der Waals surface area contributed by atoms with E-state index in [4.69, 9.17) is 33.2 Å². The van der Waals surface area contributed by atoms with Crippen molar-refractivity contribution in [3.8, 4) is 40.2 Å². The molecule has 3 aromatic rings. The van der Waals surface area contributed by atoms with Gasteiger partial charge in [0, 0.05) is 11.1 Å². The number of fused-ring (bicyclic) bond motifs is 2. The van der Waals surface area contributed by atoms with Gasteiger partial charge in [0.25, 0.3) is 0 Å². The van der Waals surface area contributed by atoms with E-state index in [0.717, 1.165) is 0 Å². The molecule has 0 atom stereocenters. The number of ether oxygens (including phenoxy) is 7. The summed E-state index contributed by atoms with van der Waals surface area (Å²) in [6.07, 6.45) is 1.57. The van der Waals surface area contributed by atoms with Crippen molar-refractivity contribution < 1.29 is 42.7 Å². The lowest BCUT2D eigenvalue weighted by Gasteiger charge is -2.14.